The van der Waals surface area contributed by atoms with Gasteiger partial charge in [-0.15, -0.1) is 0 Å². The van der Waals surface area contributed by atoms with Crippen LogP contribution in [0.5, 0.6) is 0 Å². The molecule has 0 spiro atoms. The molecule has 1 heterocycles. The standard InChI is InChI=1S/C18H15F3N2O3/c19-18(20,21)12-5-6-13-11(7-12)8-15(26-17(13)25)16(24)23-14-4-2-1-3-10(14)9-22/h1-7,15H,8-9,22H2,(H,23,24). The average Bonchev–Trinajstić information content (AvgIpc) is 2.60. The lowest BCUT2D eigenvalue weighted by Crippen LogP contribution is -2.38. The molecular weight excluding hydrogens is 349 g/mol. The summed E-state index contributed by atoms with van der Waals surface area (Å²) in [5.74, 6) is -1.45. The van der Waals surface area contributed by atoms with Crippen LogP contribution in [-0.2, 0) is 28.7 Å². The molecule has 0 saturated heterocycles. The summed E-state index contributed by atoms with van der Waals surface area (Å²) in [6.45, 7) is 0.193. The topological polar surface area (TPSA) is 81.4 Å². The summed E-state index contributed by atoms with van der Waals surface area (Å²) in [4.78, 5) is 24.5. The number of rotatable bonds is 3. The summed E-state index contributed by atoms with van der Waals surface area (Å²) in [6.07, 6.45) is -5.89. The highest BCUT2D eigenvalue weighted by Crippen LogP contribution is 2.32. The summed E-state index contributed by atoms with van der Waals surface area (Å²) in [5.41, 5.74) is 6.03. The van der Waals surface area contributed by atoms with Crippen LogP contribution in [0.2, 0.25) is 0 Å². The van der Waals surface area contributed by atoms with Crippen molar-refractivity contribution < 1.29 is 27.5 Å². The maximum Gasteiger partial charge on any atom is 0.416 e. The van der Waals surface area contributed by atoms with E-state index in [0.29, 0.717) is 11.3 Å². The zero-order chi connectivity index (χ0) is 18.9. The number of carbonyl (C=O) groups is 2. The Kier molecular flexibility index (Phi) is 4.69. The molecule has 2 aromatic rings. The second kappa shape index (κ2) is 6.80. The van der Waals surface area contributed by atoms with E-state index in [1.807, 2.05) is 0 Å². The van der Waals surface area contributed by atoms with Gasteiger partial charge in [-0.05, 0) is 35.4 Å². The van der Waals surface area contributed by atoms with Gasteiger partial charge in [0.1, 0.15) is 0 Å². The fraction of sp³-hybridized carbons (Fsp3) is 0.222. The minimum absolute atomic E-state index is 0.0319. The quantitative estimate of drug-likeness (QED) is 0.821. The normalized spacial score (nSPS) is 16.6. The van der Waals surface area contributed by atoms with E-state index in [4.69, 9.17) is 10.5 Å². The van der Waals surface area contributed by atoms with E-state index in [0.717, 1.165) is 18.2 Å². The number of ether oxygens (including phenoxy) is 1. The number of anilines is 1. The number of nitrogens with one attached hydrogen (secondary N) is 1. The molecule has 0 aliphatic carbocycles. The first-order valence-electron chi connectivity index (χ1n) is 7.79. The van der Waals surface area contributed by atoms with Crippen LogP contribution in [0.4, 0.5) is 18.9 Å². The van der Waals surface area contributed by atoms with Gasteiger partial charge in [0, 0.05) is 18.7 Å². The van der Waals surface area contributed by atoms with Crippen LogP contribution < -0.4 is 11.1 Å². The van der Waals surface area contributed by atoms with E-state index in [2.05, 4.69) is 5.32 Å². The van der Waals surface area contributed by atoms with Gasteiger partial charge in [0.15, 0.2) is 6.10 Å². The third kappa shape index (κ3) is 3.55. The Morgan fingerprint density at radius 3 is 2.65 bits per heavy atom. The molecule has 136 valence electrons. The predicted molar refractivity (Wildman–Crippen MR) is 87.3 cm³/mol. The second-order valence-corrected chi connectivity index (χ2v) is 5.82. The third-order valence-electron chi connectivity index (χ3n) is 4.09. The number of alkyl halides is 3. The van der Waals surface area contributed by atoms with E-state index < -0.39 is 29.7 Å². The molecule has 1 atom stereocenters. The summed E-state index contributed by atoms with van der Waals surface area (Å²) in [5, 5.41) is 2.61. The molecule has 8 heteroatoms. The molecule has 26 heavy (non-hydrogen) atoms. The van der Waals surface area contributed by atoms with Gasteiger partial charge in [0.05, 0.1) is 11.1 Å². The summed E-state index contributed by atoms with van der Waals surface area (Å²) < 4.78 is 43.7. The number of benzene rings is 2. The van der Waals surface area contributed by atoms with Crippen molar-refractivity contribution in [2.45, 2.75) is 25.2 Å². The molecule has 0 radical (unpaired) electrons. The van der Waals surface area contributed by atoms with Gasteiger partial charge >= 0.3 is 12.1 Å². The van der Waals surface area contributed by atoms with E-state index in [-0.39, 0.29) is 24.1 Å². The molecule has 3 rings (SSSR count). The molecule has 1 aliphatic rings. The maximum atomic E-state index is 12.9. The van der Waals surface area contributed by atoms with Crippen LogP contribution >= 0.6 is 0 Å². The lowest BCUT2D eigenvalue weighted by atomic mass is 9.95. The van der Waals surface area contributed by atoms with Crippen molar-refractivity contribution in [2.75, 3.05) is 5.32 Å². The first-order valence-corrected chi connectivity index (χ1v) is 7.79. The smallest absolute Gasteiger partial charge is 0.416 e. The molecule has 5 nitrogen and oxygen atoms in total. The number of esters is 1. The van der Waals surface area contributed by atoms with Crippen LogP contribution in [-0.4, -0.2) is 18.0 Å². The van der Waals surface area contributed by atoms with E-state index in [9.17, 15) is 22.8 Å². The molecule has 0 fully saturated rings. The van der Waals surface area contributed by atoms with Crippen molar-refractivity contribution in [1.82, 2.24) is 0 Å². The van der Waals surface area contributed by atoms with Crippen LogP contribution in [0, 0.1) is 0 Å². The number of amides is 1. The minimum atomic E-state index is -4.53. The van der Waals surface area contributed by atoms with Gasteiger partial charge in [-0.25, -0.2) is 4.79 Å². The number of para-hydroxylation sites is 1. The van der Waals surface area contributed by atoms with E-state index in [1.165, 1.54) is 0 Å². The summed E-state index contributed by atoms with van der Waals surface area (Å²) in [6, 6.07) is 9.59. The molecule has 2 aromatic carbocycles. The Morgan fingerprint density at radius 1 is 1.23 bits per heavy atom. The Labute approximate surface area is 146 Å². The largest absolute Gasteiger partial charge is 0.448 e. The first kappa shape index (κ1) is 17.9. The van der Waals surface area contributed by atoms with Crippen molar-refractivity contribution >= 4 is 17.6 Å². The number of nitrogens with two attached hydrogens (primary N) is 1. The fourth-order valence-electron chi connectivity index (χ4n) is 2.75. The lowest BCUT2D eigenvalue weighted by Gasteiger charge is -2.25. The number of hydrogen-bond acceptors (Lipinski definition) is 4. The Bertz CT molecular complexity index is 865. The molecule has 0 saturated carbocycles. The Morgan fingerprint density at radius 2 is 1.96 bits per heavy atom. The molecule has 1 unspecified atom stereocenters. The van der Waals surface area contributed by atoms with Crippen LogP contribution in [0.3, 0.4) is 0 Å². The van der Waals surface area contributed by atoms with Gasteiger partial charge in [0.25, 0.3) is 5.91 Å². The van der Waals surface area contributed by atoms with Gasteiger partial charge in [-0.3, -0.25) is 4.79 Å². The average molecular weight is 364 g/mol. The number of fused-ring (bicyclic) bond motifs is 1. The van der Waals surface area contributed by atoms with Crippen LogP contribution in [0.15, 0.2) is 42.5 Å². The molecule has 0 bridgehead atoms. The van der Waals surface area contributed by atoms with Crippen molar-refractivity contribution in [1.29, 1.82) is 0 Å². The highest BCUT2D eigenvalue weighted by atomic mass is 19.4. The number of halogens is 3. The Balaban J connectivity index is 1.83. The lowest BCUT2D eigenvalue weighted by molar-refractivity contribution is -0.137. The van der Waals surface area contributed by atoms with E-state index >= 15 is 0 Å². The fourth-order valence-corrected chi connectivity index (χ4v) is 2.75. The molecule has 1 amide bonds. The summed E-state index contributed by atoms with van der Waals surface area (Å²) in [7, 11) is 0. The van der Waals surface area contributed by atoms with Crippen LogP contribution in [0.25, 0.3) is 0 Å². The van der Waals surface area contributed by atoms with Gasteiger partial charge in [-0.1, -0.05) is 18.2 Å². The Hall–Kier alpha value is -2.87. The maximum absolute atomic E-state index is 12.9. The zero-order valence-corrected chi connectivity index (χ0v) is 13.5. The predicted octanol–water partition coefficient (Wildman–Crippen LogP) is 2.88. The number of hydrogen-bond donors (Lipinski definition) is 2. The highest BCUT2D eigenvalue weighted by Gasteiger charge is 2.35. The monoisotopic (exact) mass is 364 g/mol. The highest BCUT2D eigenvalue weighted by molar-refractivity contribution is 6.00. The van der Waals surface area contributed by atoms with Crippen molar-refractivity contribution in [2.24, 2.45) is 5.73 Å². The molecular formula is C18H15F3N2O3. The van der Waals surface area contributed by atoms with Gasteiger partial charge in [-0.2, -0.15) is 13.2 Å². The van der Waals surface area contributed by atoms with E-state index in [1.54, 1.807) is 24.3 Å². The molecule has 1 aliphatic heterocycles. The SMILES string of the molecule is NCc1ccccc1NC(=O)C1Cc2cc(C(F)(F)F)ccc2C(=O)O1. The van der Waals surface area contributed by atoms with Crippen molar-refractivity contribution in [3.8, 4) is 0 Å². The van der Waals surface area contributed by atoms with Gasteiger partial charge < -0.3 is 15.8 Å². The third-order valence-corrected chi connectivity index (χ3v) is 4.09. The number of carbonyl (C=O) groups excluding carboxylic acids is 2. The van der Waals surface area contributed by atoms with Crippen molar-refractivity contribution in [3.05, 3.63) is 64.7 Å². The minimum Gasteiger partial charge on any atom is -0.448 e. The first-order chi connectivity index (χ1) is 12.3. The summed E-state index contributed by atoms with van der Waals surface area (Å²) >= 11 is 0. The second-order valence-electron chi connectivity index (χ2n) is 5.82. The van der Waals surface area contributed by atoms with Crippen molar-refractivity contribution in [3.63, 3.8) is 0 Å². The zero-order valence-electron chi connectivity index (χ0n) is 13.5. The molecule has 0 aromatic heterocycles. The number of cyclic esters (lactones) is 1. The van der Waals surface area contributed by atoms with Gasteiger partial charge in [0.2, 0.25) is 0 Å². The van der Waals surface area contributed by atoms with Crippen LogP contribution in [0.1, 0.15) is 27.0 Å². The molecule has 3 N–H and O–H groups in total.